The van der Waals surface area contributed by atoms with Crippen LogP contribution in [0.2, 0.25) is 5.02 Å². The van der Waals surface area contributed by atoms with Crippen LogP contribution in [0.3, 0.4) is 0 Å². The number of phenols is 2. The molecule has 27 heavy (non-hydrogen) atoms. The van der Waals surface area contributed by atoms with Gasteiger partial charge in [0.15, 0.2) is 5.76 Å². The minimum absolute atomic E-state index is 0.0965. The lowest BCUT2D eigenvalue weighted by molar-refractivity contribution is 0.244. The molecule has 3 aromatic rings. The Kier molecular flexibility index (Phi) is 4.68. The second-order valence-electron chi connectivity index (χ2n) is 6.57. The molecule has 0 radical (unpaired) electrons. The van der Waals surface area contributed by atoms with Gasteiger partial charge in [0.1, 0.15) is 17.2 Å². The van der Waals surface area contributed by atoms with Crippen LogP contribution in [0.4, 0.5) is 0 Å². The molecule has 140 valence electrons. The third kappa shape index (κ3) is 3.46. The van der Waals surface area contributed by atoms with Crippen LogP contribution in [0.5, 0.6) is 17.2 Å². The molecule has 2 N–H and O–H groups in total. The molecule has 1 aliphatic heterocycles. The van der Waals surface area contributed by atoms with Gasteiger partial charge in [0.25, 0.3) is 0 Å². The zero-order valence-corrected chi connectivity index (χ0v) is 15.5. The van der Waals surface area contributed by atoms with E-state index in [9.17, 15) is 10.2 Å². The maximum Gasteiger partial charge on any atom is 0.175 e. The van der Waals surface area contributed by atoms with Crippen LogP contribution in [0.25, 0.3) is 11.3 Å². The van der Waals surface area contributed by atoms with Crippen molar-refractivity contribution in [2.75, 3.05) is 13.7 Å². The molecule has 0 saturated carbocycles. The molecule has 0 amide bonds. The highest BCUT2D eigenvalue weighted by Gasteiger charge is 2.26. The lowest BCUT2D eigenvalue weighted by Gasteiger charge is -2.26. The summed E-state index contributed by atoms with van der Waals surface area (Å²) in [6.07, 6.45) is 0.759. The normalized spacial score (nSPS) is 14.1. The fourth-order valence-electron chi connectivity index (χ4n) is 3.38. The van der Waals surface area contributed by atoms with Crippen LogP contribution in [0.15, 0.2) is 40.9 Å². The summed E-state index contributed by atoms with van der Waals surface area (Å²) in [5, 5.41) is 24.2. The number of benzene rings is 2. The number of rotatable bonds is 4. The highest BCUT2D eigenvalue weighted by Crippen LogP contribution is 2.40. The first-order valence-corrected chi connectivity index (χ1v) is 8.97. The Morgan fingerprint density at radius 3 is 2.89 bits per heavy atom. The van der Waals surface area contributed by atoms with E-state index in [1.54, 1.807) is 7.11 Å². The van der Waals surface area contributed by atoms with Crippen molar-refractivity contribution >= 4 is 11.6 Å². The number of hydrogen-bond donors (Lipinski definition) is 2. The topological polar surface area (TPSA) is 79.0 Å². The molecule has 0 aliphatic carbocycles. The standard InChI is InChI=1S/C20H19ClN2O4/c1-26-13-4-2-3-12(7-13)10-23-6-5-17-15(11-23)20(27-22-17)14-8-16(21)19(25)9-18(14)24/h2-4,7-9,24-25H,5-6,10-11H2,1H3. The fraction of sp³-hybridized carbons (Fsp3) is 0.250. The molecule has 7 heteroatoms. The summed E-state index contributed by atoms with van der Waals surface area (Å²) in [6.45, 7) is 2.27. The number of nitrogens with zero attached hydrogens (tertiary/aromatic N) is 2. The second kappa shape index (κ2) is 7.13. The average Bonchev–Trinajstić information content (AvgIpc) is 3.08. The number of phenolic OH excluding ortho intramolecular Hbond substituents is 2. The van der Waals surface area contributed by atoms with Crippen LogP contribution in [-0.4, -0.2) is 33.9 Å². The van der Waals surface area contributed by atoms with E-state index in [0.717, 1.165) is 42.1 Å². The molecule has 2 heterocycles. The monoisotopic (exact) mass is 386 g/mol. The van der Waals surface area contributed by atoms with Gasteiger partial charge in [-0.25, -0.2) is 0 Å². The minimum Gasteiger partial charge on any atom is -0.507 e. The Bertz CT molecular complexity index is 986. The van der Waals surface area contributed by atoms with Crippen LogP contribution in [-0.2, 0) is 19.5 Å². The van der Waals surface area contributed by atoms with E-state index in [0.29, 0.717) is 17.9 Å². The lowest BCUT2D eigenvalue weighted by atomic mass is 10.0. The van der Waals surface area contributed by atoms with Crippen molar-refractivity contribution in [2.24, 2.45) is 0 Å². The van der Waals surface area contributed by atoms with Crippen molar-refractivity contribution in [2.45, 2.75) is 19.5 Å². The molecule has 1 aliphatic rings. The van der Waals surface area contributed by atoms with Gasteiger partial charge in [-0.2, -0.15) is 0 Å². The Morgan fingerprint density at radius 1 is 1.22 bits per heavy atom. The van der Waals surface area contributed by atoms with E-state index in [4.69, 9.17) is 20.9 Å². The Hall–Kier alpha value is -2.70. The maximum absolute atomic E-state index is 10.2. The number of aromatic hydroxyl groups is 2. The summed E-state index contributed by atoms with van der Waals surface area (Å²) < 4.78 is 10.8. The van der Waals surface area contributed by atoms with Crippen molar-refractivity contribution in [3.63, 3.8) is 0 Å². The first kappa shape index (κ1) is 17.7. The first-order valence-electron chi connectivity index (χ1n) is 8.59. The van der Waals surface area contributed by atoms with Gasteiger partial charge in [-0.3, -0.25) is 4.90 Å². The predicted octanol–water partition coefficient (Wildman–Crippen LogP) is 3.97. The molecule has 2 aromatic carbocycles. The Labute approximate surface area is 161 Å². The molecular formula is C20H19ClN2O4. The van der Waals surface area contributed by atoms with Gasteiger partial charge >= 0.3 is 0 Å². The smallest absolute Gasteiger partial charge is 0.175 e. The summed E-state index contributed by atoms with van der Waals surface area (Å²) in [7, 11) is 1.66. The van der Waals surface area contributed by atoms with Crippen molar-refractivity contribution < 1.29 is 19.5 Å². The zero-order valence-electron chi connectivity index (χ0n) is 14.8. The van der Waals surface area contributed by atoms with Gasteiger partial charge in [-0.05, 0) is 23.8 Å². The van der Waals surface area contributed by atoms with E-state index >= 15 is 0 Å². The Morgan fingerprint density at radius 2 is 2.07 bits per heavy atom. The maximum atomic E-state index is 10.2. The van der Waals surface area contributed by atoms with Gasteiger partial charge in [0.05, 0.1) is 23.4 Å². The van der Waals surface area contributed by atoms with Gasteiger partial charge in [-0.1, -0.05) is 28.9 Å². The van der Waals surface area contributed by atoms with Gasteiger partial charge in [-0.15, -0.1) is 0 Å². The van der Waals surface area contributed by atoms with E-state index in [1.807, 2.05) is 18.2 Å². The highest BCUT2D eigenvalue weighted by molar-refractivity contribution is 6.32. The van der Waals surface area contributed by atoms with Gasteiger partial charge in [0, 0.05) is 37.7 Å². The third-order valence-corrected chi connectivity index (χ3v) is 5.07. The van der Waals surface area contributed by atoms with Crippen LogP contribution in [0, 0.1) is 0 Å². The quantitative estimate of drug-likeness (QED) is 0.706. The highest BCUT2D eigenvalue weighted by atomic mass is 35.5. The first-order chi connectivity index (χ1) is 13.0. The number of hydrogen-bond acceptors (Lipinski definition) is 6. The number of fused-ring (bicyclic) bond motifs is 1. The molecule has 4 rings (SSSR count). The van der Waals surface area contributed by atoms with Crippen LogP contribution in [0.1, 0.15) is 16.8 Å². The molecular weight excluding hydrogens is 368 g/mol. The van der Waals surface area contributed by atoms with Gasteiger partial charge < -0.3 is 19.5 Å². The largest absolute Gasteiger partial charge is 0.507 e. The summed E-state index contributed by atoms with van der Waals surface area (Å²) >= 11 is 6.00. The average molecular weight is 387 g/mol. The van der Waals surface area contributed by atoms with E-state index in [2.05, 4.69) is 16.1 Å². The summed E-state index contributed by atoms with van der Waals surface area (Å²) in [5.74, 6) is 1.05. The fourth-order valence-corrected chi connectivity index (χ4v) is 3.54. The lowest BCUT2D eigenvalue weighted by Crippen LogP contribution is -2.30. The molecule has 1 aromatic heterocycles. The van der Waals surface area contributed by atoms with E-state index < -0.39 is 0 Å². The van der Waals surface area contributed by atoms with E-state index in [-0.39, 0.29) is 16.5 Å². The number of halogens is 1. The summed E-state index contributed by atoms with van der Waals surface area (Å²) in [6, 6.07) is 10.7. The van der Waals surface area contributed by atoms with Crippen molar-refractivity contribution in [1.82, 2.24) is 10.1 Å². The van der Waals surface area contributed by atoms with E-state index in [1.165, 1.54) is 12.1 Å². The Balaban J connectivity index is 1.61. The van der Waals surface area contributed by atoms with Crippen molar-refractivity contribution in [3.8, 4) is 28.6 Å². The number of aromatic nitrogens is 1. The predicted molar refractivity (Wildman–Crippen MR) is 101 cm³/mol. The zero-order chi connectivity index (χ0) is 19.0. The van der Waals surface area contributed by atoms with Crippen LogP contribution >= 0.6 is 11.6 Å². The second-order valence-corrected chi connectivity index (χ2v) is 6.98. The molecule has 0 fully saturated rings. The molecule has 0 atom stereocenters. The summed E-state index contributed by atoms with van der Waals surface area (Å²) in [5.41, 5.74) is 3.40. The SMILES string of the molecule is COc1cccc(CN2CCc3noc(-c4cc(Cl)c(O)cc4O)c3C2)c1. The van der Waals surface area contributed by atoms with Crippen LogP contribution < -0.4 is 4.74 Å². The molecule has 0 spiro atoms. The molecule has 0 bridgehead atoms. The van der Waals surface area contributed by atoms with Crippen molar-refractivity contribution in [1.29, 1.82) is 0 Å². The minimum atomic E-state index is -0.175. The molecule has 0 saturated heterocycles. The number of ether oxygens (including phenoxy) is 1. The van der Waals surface area contributed by atoms with Gasteiger partial charge in [0.2, 0.25) is 0 Å². The van der Waals surface area contributed by atoms with Crippen molar-refractivity contribution in [3.05, 3.63) is 58.2 Å². The molecule has 0 unspecified atom stereocenters. The summed E-state index contributed by atoms with van der Waals surface area (Å²) in [4.78, 5) is 2.29. The molecule has 6 nitrogen and oxygen atoms in total. The number of methoxy groups -OCH3 is 1. The third-order valence-electron chi connectivity index (χ3n) is 4.77.